The van der Waals surface area contributed by atoms with Crippen molar-refractivity contribution in [3.8, 4) is 5.75 Å². The molecule has 1 atom stereocenters. The van der Waals surface area contributed by atoms with Crippen LogP contribution in [-0.4, -0.2) is 68.0 Å². The Bertz CT molecular complexity index is 648. The van der Waals surface area contributed by atoms with Crippen molar-refractivity contribution >= 4 is 5.91 Å². The molecule has 156 valence electrons. The number of carbonyl (C=O) groups is 1. The first kappa shape index (κ1) is 20.9. The lowest BCUT2D eigenvalue weighted by Gasteiger charge is -2.37. The van der Waals surface area contributed by atoms with Crippen molar-refractivity contribution in [3.63, 3.8) is 0 Å². The van der Waals surface area contributed by atoms with Crippen molar-refractivity contribution in [1.29, 1.82) is 0 Å². The van der Waals surface area contributed by atoms with Gasteiger partial charge in [-0.2, -0.15) is 0 Å². The van der Waals surface area contributed by atoms with Crippen LogP contribution in [-0.2, 0) is 16.0 Å². The molecule has 2 aliphatic heterocycles. The lowest BCUT2D eigenvalue weighted by molar-refractivity contribution is -0.274. The Balaban J connectivity index is 1.50. The first-order valence-corrected chi connectivity index (χ1v) is 9.82. The maximum atomic E-state index is 12.6. The Morgan fingerprint density at radius 3 is 2.68 bits per heavy atom. The van der Waals surface area contributed by atoms with Crippen LogP contribution in [0.15, 0.2) is 24.3 Å². The third-order valence-electron chi connectivity index (χ3n) is 5.30. The van der Waals surface area contributed by atoms with Crippen LogP contribution in [0.25, 0.3) is 0 Å². The van der Waals surface area contributed by atoms with E-state index in [1.165, 1.54) is 12.1 Å². The molecule has 2 aliphatic rings. The summed E-state index contributed by atoms with van der Waals surface area (Å²) in [6.45, 7) is 5.79. The van der Waals surface area contributed by atoms with Crippen molar-refractivity contribution in [2.24, 2.45) is 5.92 Å². The number of hydrogen-bond acceptors (Lipinski definition) is 4. The maximum Gasteiger partial charge on any atom is 0.573 e. The number of nitrogens with zero attached hydrogens (tertiary/aromatic N) is 2. The SMILES string of the molecule is O=C(CCc1ccccc1OC(F)(F)F)N1CCCC(CN2CCOCC2)C1. The molecule has 0 saturated carbocycles. The zero-order chi connectivity index (χ0) is 20.0. The Morgan fingerprint density at radius 2 is 1.93 bits per heavy atom. The molecular formula is C20H27F3N2O3. The highest BCUT2D eigenvalue weighted by atomic mass is 19.4. The fraction of sp³-hybridized carbons (Fsp3) is 0.650. The van der Waals surface area contributed by atoms with Crippen LogP contribution >= 0.6 is 0 Å². The lowest BCUT2D eigenvalue weighted by Crippen LogP contribution is -2.46. The molecule has 1 amide bonds. The lowest BCUT2D eigenvalue weighted by atomic mass is 9.96. The van der Waals surface area contributed by atoms with Crippen LogP contribution in [0.1, 0.15) is 24.8 Å². The van der Waals surface area contributed by atoms with Gasteiger partial charge in [-0.05, 0) is 36.8 Å². The first-order valence-electron chi connectivity index (χ1n) is 9.82. The van der Waals surface area contributed by atoms with E-state index < -0.39 is 6.36 Å². The summed E-state index contributed by atoms with van der Waals surface area (Å²) in [4.78, 5) is 16.9. The van der Waals surface area contributed by atoms with Gasteiger partial charge in [0, 0.05) is 39.1 Å². The number of aryl methyl sites for hydroxylation is 1. The van der Waals surface area contributed by atoms with Gasteiger partial charge in [0.05, 0.1) is 13.2 Å². The number of carbonyl (C=O) groups excluding carboxylic acids is 1. The standard InChI is InChI=1S/C20H27F3N2O3/c21-20(22,23)28-18-6-2-1-5-17(18)7-8-19(26)25-9-3-4-16(15-25)14-24-10-12-27-13-11-24/h1-2,5-6,16H,3-4,7-15H2. The van der Waals surface area contributed by atoms with Gasteiger partial charge in [0.1, 0.15) is 5.75 Å². The molecule has 0 radical (unpaired) electrons. The van der Waals surface area contributed by atoms with Gasteiger partial charge in [-0.3, -0.25) is 9.69 Å². The maximum absolute atomic E-state index is 12.6. The average molecular weight is 400 g/mol. The molecule has 0 N–H and O–H groups in total. The van der Waals surface area contributed by atoms with E-state index in [2.05, 4.69) is 9.64 Å². The fourth-order valence-electron chi connectivity index (χ4n) is 3.92. The number of hydrogen-bond donors (Lipinski definition) is 0. The van der Waals surface area contributed by atoms with Crippen LogP contribution in [0.5, 0.6) is 5.75 Å². The third-order valence-corrected chi connectivity index (χ3v) is 5.30. The number of amides is 1. The third kappa shape index (κ3) is 6.38. The number of halogens is 3. The van der Waals surface area contributed by atoms with Crippen molar-refractivity contribution < 1.29 is 27.4 Å². The molecule has 1 aromatic rings. The molecule has 2 heterocycles. The summed E-state index contributed by atoms with van der Waals surface area (Å²) in [5.74, 6) is 0.205. The number of rotatable bonds is 6. The van der Waals surface area contributed by atoms with Crippen LogP contribution < -0.4 is 4.74 Å². The summed E-state index contributed by atoms with van der Waals surface area (Å²) in [6, 6.07) is 6.01. The minimum Gasteiger partial charge on any atom is -0.406 e. The van der Waals surface area contributed by atoms with Crippen LogP contribution in [0.4, 0.5) is 13.2 Å². The van der Waals surface area contributed by atoms with Crippen molar-refractivity contribution in [1.82, 2.24) is 9.80 Å². The summed E-state index contributed by atoms with van der Waals surface area (Å²) in [5, 5.41) is 0. The molecule has 5 nitrogen and oxygen atoms in total. The van der Waals surface area contributed by atoms with Crippen molar-refractivity contribution in [2.45, 2.75) is 32.0 Å². The molecule has 2 saturated heterocycles. The van der Waals surface area contributed by atoms with Gasteiger partial charge in [0.15, 0.2) is 0 Å². The van der Waals surface area contributed by atoms with Gasteiger partial charge in [-0.15, -0.1) is 13.2 Å². The molecule has 0 spiro atoms. The molecule has 0 aromatic heterocycles. The van der Waals surface area contributed by atoms with Crippen LogP contribution in [0.3, 0.4) is 0 Å². The van der Waals surface area contributed by atoms with Crippen molar-refractivity contribution in [2.75, 3.05) is 45.9 Å². The Morgan fingerprint density at radius 1 is 1.18 bits per heavy atom. The zero-order valence-corrected chi connectivity index (χ0v) is 15.9. The largest absolute Gasteiger partial charge is 0.573 e. The summed E-state index contributed by atoms with van der Waals surface area (Å²) in [5.41, 5.74) is 0.398. The van der Waals surface area contributed by atoms with Crippen LogP contribution in [0.2, 0.25) is 0 Å². The second kappa shape index (κ2) is 9.60. The van der Waals surface area contributed by atoms with E-state index >= 15 is 0 Å². The molecule has 3 rings (SSSR count). The Labute approximate surface area is 163 Å². The van der Waals surface area contributed by atoms with Gasteiger partial charge in [0.2, 0.25) is 5.91 Å². The van der Waals surface area contributed by atoms with E-state index in [4.69, 9.17) is 4.74 Å². The second-order valence-corrected chi connectivity index (χ2v) is 7.42. The van der Waals surface area contributed by atoms with E-state index in [-0.39, 0.29) is 24.5 Å². The van der Waals surface area contributed by atoms with E-state index in [1.54, 1.807) is 12.1 Å². The normalized spacial score (nSPS) is 21.5. The minimum absolute atomic E-state index is 0.00603. The van der Waals surface area contributed by atoms with Gasteiger partial charge in [-0.25, -0.2) is 0 Å². The number of para-hydroxylation sites is 1. The number of likely N-dealkylation sites (tertiary alicyclic amines) is 1. The summed E-state index contributed by atoms with van der Waals surface area (Å²) >= 11 is 0. The van der Waals surface area contributed by atoms with E-state index in [0.29, 0.717) is 11.5 Å². The van der Waals surface area contributed by atoms with Crippen LogP contribution in [0, 0.1) is 5.92 Å². The highest BCUT2D eigenvalue weighted by Gasteiger charge is 2.32. The monoisotopic (exact) mass is 400 g/mol. The Kier molecular flexibility index (Phi) is 7.18. The molecule has 0 bridgehead atoms. The van der Waals surface area contributed by atoms with Crippen molar-refractivity contribution in [3.05, 3.63) is 29.8 Å². The molecule has 8 heteroatoms. The second-order valence-electron chi connectivity index (χ2n) is 7.42. The molecule has 1 aromatic carbocycles. The van der Waals surface area contributed by atoms with E-state index in [9.17, 15) is 18.0 Å². The highest BCUT2D eigenvalue weighted by molar-refractivity contribution is 5.76. The van der Waals surface area contributed by atoms with Gasteiger partial charge in [-0.1, -0.05) is 18.2 Å². The molecule has 1 unspecified atom stereocenters. The van der Waals surface area contributed by atoms with E-state index in [1.807, 2.05) is 4.90 Å². The van der Waals surface area contributed by atoms with Gasteiger partial charge >= 0.3 is 6.36 Å². The highest BCUT2D eigenvalue weighted by Crippen LogP contribution is 2.27. The number of benzene rings is 1. The fourth-order valence-corrected chi connectivity index (χ4v) is 3.92. The molecule has 0 aliphatic carbocycles. The molecular weight excluding hydrogens is 373 g/mol. The summed E-state index contributed by atoms with van der Waals surface area (Å²) in [6.07, 6.45) is -2.25. The first-order chi connectivity index (χ1) is 13.4. The quantitative estimate of drug-likeness (QED) is 0.736. The molecule has 2 fully saturated rings. The summed E-state index contributed by atoms with van der Waals surface area (Å²) in [7, 11) is 0. The predicted molar refractivity (Wildman–Crippen MR) is 98.0 cm³/mol. The number of morpholine rings is 1. The average Bonchev–Trinajstić information content (AvgIpc) is 2.67. The Hall–Kier alpha value is -1.80. The topological polar surface area (TPSA) is 42.0 Å². The summed E-state index contributed by atoms with van der Waals surface area (Å²) < 4.78 is 47.1. The van der Waals surface area contributed by atoms with Gasteiger partial charge < -0.3 is 14.4 Å². The number of ether oxygens (including phenoxy) is 2. The zero-order valence-electron chi connectivity index (χ0n) is 15.9. The van der Waals surface area contributed by atoms with E-state index in [0.717, 1.165) is 58.8 Å². The number of piperidine rings is 1. The van der Waals surface area contributed by atoms with Gasteiger partial charge in [0.25, 0.3) is 0 Å². The predicted octanol–water partition coefficient (Wildman–Crippen LogP) is 3.09. The minimum atomic E-state index is -4.74. The number of alkyl halides is 3. The molecule has 28 heavy (non-hydrogen) atoms. The smallest absolute Gasteiger partial charge is 0.406 e.